The van der Waals surface area contributed by atoms with E-state index in [9.17, 15) is 13.6 Å². The van der Waals surface area contributed by atoms with Crippen molar-refractivity contribution < 1.29 is 13.6 Å². The lowest BCUT2D eigenvalue weighted by atomic mass is 10.2. The van der Waals surface area contributed by atoms with Crippen molar-refractivity contribution in [3.63, 3.8) is 0 Å². The Morgan fingerprint density at radius 1 is 1.64 bits per heavy atom. The summed E-state index contributed by atoms with van der Waals surface area (Å²) in [6.45, 7) is 4.09. The van der Waals surface area contributed by atoms with Crippen LogP contribution in [0.25, 0.3) is 0 Å². The fourth-order valence-corrected chi connectivity index (χ4v) is 0.453. The molecule has 1 unspecified atom stereocenters. The molecule has 1 N–H and O–H groups in total. The maximum absolute atomic E-state index is 12.2. The third kappa shape index (κ3) is 3.91. The number of rotatable bonds is 3. The van der Waals surface area contributed by atoms with Crippen molar-refractivity contribution in [1.29, 1.82) is 0 Å². The van der Waals surface area contributed by atoms with E-state index in [0.29, 0.717) is 13.3 Å². The van der Waals surface area contributed by atoms with E-state index < -0.39 is 11.8 Å². The largest absolute Gasteiger partial charge is 0.348 e. The van der Waals surface area contributed by atoms with Gasteiger partial charge in [0, 0.05) is 13.0 Å². The highest BCUT2D eigenvalue weighted by molar-refractivity contribution is 5.83. The predicted octanol–water partition coefficient (Wildman–Crippen LogP) is 1.56. The van der Waals surface area contributed by atoms with Crippen LogP contribution in [0, 0.1) is 0 Å². The molecule has 0 heterocycles. The van der Waals surface area contributed by atoms with Crippen LogP contribution in [-0.2, 0) is 4.79 Å². The fourth-order valence-electron chi connectivity index (χ4n) is 0.453. The van der Waals surface area contributed by atoms with Gasteiger partial charge in [-0.25, -0.2) is 0 Å². The summed E-state index contributed by atoms with van der Waals surface area (Å²) in [6.07, 6.45) is 0.655. The first-order valence-corrected chi connectivity index (χ1v) is 3.56. The molecule has 0 aliphatic heterocycles. The fraction of sp³-hybridized carbons (Fsp3) is 0.857. The van der Waals surface area contributed by atoms with Crippen molar-refractivity contribution >= 4 is 5.91 Å². The Kier molecular flexibility index (Phi) is 3.42. The second kappa shape index (κ2) is 3.64. The van der Waals surface area contributed by atoms with E-state index in [1.165, 1.54) is 0 Å². The lowest BCUT2D eigenvalue weighted by Crippen LogP contribution is -2.42. The highest BCUT2D eigenvalue weighted by atomic mass is 19.3. The van der Waals surface area contributed by atoms with Crippen LogP contribution in [0.1, 0.15) is 27.2 Å². The molecule has 1 amide bonds. The number of halogens is 2. The molecule has 0 saturated heterocycles. The van der Waals surface area contributed by atoms with Gasteiger partial charge in [0.15, 0.2) is 0 Å². The third-order valence-corrected chi connectivity index (χ3v) is 1.39. The Morgan fingerprint density at radius 2 is 2.09 bits per heavy atom. The minimum atomic E-state index is -3.26. The third-order valence-electron chi connectivity index (χ3n) is 1.39. The van der Waals surface area contributed by atoms with E-state index in [4.69, 9.17) is 0 Å². The van der Waals surface area contributed by atoms with E-state index >= 15 is 0 Å². The highest BCUT2D eigenvalue weighted by Crippen LogP contribution is 2.11. The van der Waals surface area contributed by atoms with E-state index in [-0.39, 0.29) is 6.04 Å². The van der Waals surface area contributed by atoms with Crippen LogP contribution in [0.2, 0.25) is 0 Å². The van der Waals surface area contributed by atoms with Crippen LogP contribution in [0.3, 0.4) is 0 Å². The molecule has 1 atom stereocenters. The van der Waals surface area contributed by atoms with Gasteiger partial charge in [-0.1, -0.05) is 6.92 Å². The maximum atomic E-state index is 12.2. The summed E-state index contributed by atoms with van der Waals surface area (Å²) in [6, 6.07) is -0.187. The lowest BCUT2D eigenvalue weighted by molar-refractivity contribution is -0.143. The average Bonchev–Trinajstić information content (AvgIpc) is 1.85. The lowest BCUT2D eigenvalue weighted by Gasteiger charge is -2.14. The van der Waals surface area contributed by atoms with Gasteiger partial charge in [0.2, 0.25) is 0 Å². The average molecular weight is 165 g/mol. The summed E-state index contributed by atoms with van der Waals surface area (Å²) in [4.78, 5) is 10.6. The molecule has 4 heteroatoms. The predicted molar refractivity (Wildman–Crippen MR) is 38.5 cm³/mol. The molecule has 0 fully saturated rings. The Bertz CT molecular complexity index is 142. The first-order valence-electron chi connectivity index (χ1n) is 3.56. The molecule has 0 aromatic rings. The number of nitrogens with one attached hydrogen (secondary N) is 1. The normalized spacial score (nSPS) is 14.3. The van der Waals surface area contributed by atoms with Gasteiger partial charge >= 0.3 is 5.92 Å². The molecule has 0 saturated carbocycles. The van der Waals surface area contributed by atoms with Crippen LogP contribution < -0.4 is 5.32 Å². The molecular formula is C7H13F2NO. The van der Waals surface area contributed by atoms with Crippen LogP contribution in [-0.4, -0.2) is 17.9 Å². The van der Waals surface area contributed by atoms with Gasteiger partial charge in [0.05, 0.1) is 0 Å². The summed E-state index contributed by atoms with van der Waals surface area (Å²) in [5, 5.41) is 2.18. The Hall–Kier alpha value is -0.670. The van der Waals surface area contributed by atoms with Gasteiger partial charge in [0.25, 0.3) is 5.91 Å². The molecule has 0 bridgehead atoms. The Morgan fingerprint density at radius 3 is 2.36 bits per heavy atom. The molecule has 0 aromatic heterocycles. The van der Waals surface area contributed by atoms with Crippen molar-refractivity contribution in [3.8, 4) is 0 Å². The van der Waals surface area contributed by atoms with Crippen molar-refractivity contribution in [3.05, 3.63) is 0 Å². The van der Waals surface area contributed by atoms with E-state index in [1.54, 1.807) is 6.92 Å². The van der Waals surface area contributed by atoms with Crippen LogP contribution in [0.4, 0.5) is 8.78 Å². The number of carbonyl (C=O) groups excluding carboxylic acids is 1. The molecule has 0 radical (unpaired) electrons. The number of carbonyl (C=O) groups is 1. The molecule has 11 heavy (non-hydrogen) atoms. The number of amides is 1. The molecule has 2 nitrogen and oxygen atoms in total. The van der Waals surface area contributed by atoms with Crippen LogP contribution in [0.15, 0.2) is 0 Å². The quantitative estimate of drug-likeness (QED) is 0.675. The summed E-state index contributed by atoms with van der Waals surface area (Å²) >= 11 is 0. The number of alkyl halides is 2. The molecule has 0 rings (SSSR count). The van der Waals surface area contributed by atoms with Gasteiger partial charge in [-0.05, 0) is 13.3 Å². The number of hydrogen-bond acceptors (Lipinski definition) is 1. The van der Waals surface area contributed by atoms with Gasteiger partial charge in [0.1, 0.15) is 0 Å². The minimum absolute atomic E-state index is 0.187. The van der Waals surface area contributed by atoms with Gasteiger partial charge < -0.3 is 5.32 Å². The molecule has 0 aliphatic carbocycles. The van der Waals surface area contributed by atoms with Crippen molar-refractivity contribution in [2.24, 2.45) is 0 Å². The Balaban J connectivity index is 3.88. The maximum Gasteiger partial charge on any atom is 0.321 e. The van der Waals surface area contributed by atoms with Crippen molar-refractivity contribution in [1.82, 2.24) is 5.32 Å². The first-order chi connectivity index (χ1) is 4.88. The molecule has 0 aliphatic rings. The van der Waals surface area contributed by atoms with Gasteiger partial charge in [-0.3, -0.25) is 4.79 Å². The Labute approximate surface area is 65.0 Å². The zero-order chi connectivity index (χ0) is 9.07. The summed E-state index contributed by atoms with van der Waals surface area (Å²) < 4.78 is 24.4. The van der Waals surface area contributed by atoms with Gasteiger partial charge in [-0.2, -0.15) is 8.78 Å². The minimum Gasteiger partial charge on any atom is -0.348 e. The van der Waals surface area contributed by atoms with Crippen LogP contribution >= 0.6 is 0 Å². The molecule has 0 aromatic carbocycles. The topological polar surface area (TPSA) is 29.1 Å². The summed E-state index contributed by atoms with van der Waals surface area (Å²) in [5.41, 5.74) is 0. The zero-order valence-electron chi connectivity index (χ0n) is 6.95. The smallest absolute Gasteiger partial charge is 0.321 e. The molecular weight excluding hydrogens is 152 g/mol. The summed E-state index contributed by atoms with van der Waals surface area (Å²) in [7, 11) is 0. The standard InChI is InChI=1S/C7H13F2NO/c1-4-5(2)10-6(11)7(3,8)9/h5H,4H2,1-3H3,(H,10,11). The molecule has 0 spiro atoms. The van der Waals surface area contributed by atoms with Crippen molar-refractivity contribution in [2.75, 3.05) is 0 Å². The zero-order valence-corrected chi connectivity index (χ0v) is 6.95. The monoisotopic (exact) mass is 165 g/mol. The van der Waals surface area contributed by atoms with E-state index in [2.05, 4.69) is 5.32 Å². The van der Waals surface area contributed by atoms with Crippen LogP contribution in [0.5, 0.6) is 0 Å². The highest BCUT2D eigenvalue weighted by Gasteiger charge is 2.32. The SMILES string of the molecule is CCC(C)NC(=O)C(C)(F)F. The molecule has 66 valence electrons. The van der Waals surface area contributed by atoms with Crippen molar-refractivity contribution in [2.45, 2.75) is 39.2 Å². The number of hydrogen-bond donors (Lipinski definition) is 1. The van der Waals surface area contributed by atoms with Gasteiger partial charge in [-0.15, -0.1) is 0 Å². The first kappa shape index (κ1) is 10.3. The van der Waals surface area contributed by atoms with E-state index in [1.807, 2.05) is 6.92 Å². The summed E-state index contributed by atoms with van der Waals surface area (Å²) in [5.74, 6) is -4.46. The van der Waals surface area contributed by atoms with E-state index in [0.717, 1.165) is 0 Å². The second-order valence-electron chi connectivity index (χ2n) is 2.67. The second-order valence-corrected chi connectivity index (χ2v) is 2.67.